The molecule has 0 fully saturated rings. The molecule has 1 aromatic heterocycles. The van der Waals surface area contributed by atoms with Gasteiger partial charge in [0.2, 0.25) is 0 Å². The van der Waals surface area contributed by atoms with Gasteiger partial charge in [-0.3, -0.25) is 15.1 Å². The number of hydrogen-bond donors (Lipinski definition) is 1. The second-order valence-corrected chi connectivity index (χ2v) is 4.94. The maximum absolute atomic E-state index is 11.0. The Kier molecular flexibility index (Phi) is 4.11. The lowest BCUT2D eigenvalue weighted by atomic mass is 10.1. The van der Waals surface area contributed by atoms with Gasteiger partial charge in [0.1, 0.15) is 0 Å². The van der Waals surface area contributed by atoms with Gasteiger partial charge in [-0.1, -0.05) is 15.9 Å². The quantitative estimate of drug-likeness (QED) is 0.689. The van der Waals surface area contributed by atoms with Crippen LogP contribution in [0.25, 0.3) is 0 Å². The minimum absolute atomic E-state index is 0.109. The highest BCUT2D eigenvalue weighted by molar-refractivity contribution is 9.10. The van der Waals surface area contributed by atoms with E-state index >= 15 is 0 Å². The van der Waals surface area contributed by atoms with Gasteiger partial charge in [-0.25, -0.2) is 0 Å². The molecule has 19 heavy (non-hydrogen) atoms. The number of aromatic nitrogens is 1. The summed E-state index contributed by atoms with van der Waals surface area (Å²) >= 11 is 3.32. The molecule has 0 aliphatic carbocycles. The van der Waals surface area contributed by atoms with Crippen LogP contribution in [0, 0.1) is 17.0 Å². The van der Waals surface area contributed by atoms with Crippen LogP contribution in [0.4, 0.5) is 11.4 Å². The third kappa shape index (κ3) is 3.29. The molecule has 2 rings (SSSR count). The number of nitro benzene ring substituents is 1. The molecule has 0 radical (unpaired) electrons. The SMILES string of the molecule is Cc1ncccc1NCc1cc(Br)ccc1[N+](=O)[O-]. The number of nitro groups is 1. The molecule has 0 amide bonds. The van der Waals surface area contributed by atoms with Gasteiger partial charge in [-0.15, -0.1) is 0 Å². The predicted molar refractivity (Wildman–Crippen MR) is 77.1 cm³/mol. The summed E-state index contributed by atoms with van der Waals surface area (Å²) in [6.07, 6.45) is 1.71. The van der Waals surface area contributed by atoms with Crippen molar-refractivity contribution in [2.24, 2.45) is 0 Å². The third-order valence-electron chi connectivity index (χ3n) is 2.71. The number of nitrogens with zero attached hydrogens (tertiary/aromatic N) is 2. The molecule has 0 bridgehead atoms. The lowest BCUT2D eigenvalue weighted by molar-refractivity contribution is -0.385. The first kappa shape index (κ1) is 13.5. The van der Waals surface area contributed by atoms with Gasteiger partial charge in [-0.05, 0) is 31.2 Å². The standard InChI is InChI=1S/C13H12BrN3O2/c1-9-12(3-2-6-15-9)16-8-10-7-11(14)4-5-13(10)17(18)19/h2-7,16H,8H2,1H3. The maximum Gasteiger partial charge on any atom is 0.274 e. The summed E-state index contributed by atoms with van der Waals surface area (Å²) in [6, 6.07) is 8.63. The van der Waals surface area contributed by atoms with Crippen LogP contribution in [0.1, 0.15) is 11.3 Å². The molecule has 2 aromatic rings. The number of pyridine rings is 1. The van der Waals surface area contributed by atoms with Crippen LogP contribution in [0.3, 0.4) is 0 Å². The van der Waals surface area contributed by atoms with Crippen LogP contribution in [-0.2, 0) is 6.54 Å². The van der Waals surface area contributed by atoms with Crippen LogP contribution >= 0.6 is 15.9 Å². The van der Waals surface area contributed by atoms with E-state index in [-0.39, 0.29) is 10.6 Å². The Bertz CT molecular complexity index is 617. The summed E-state index contributed by atoms with van der Waals surface area (Å²) in [4.78, 5) is 14.7. The van der Waals surface area contributed by atoms with E-state index in [2.05, 4.69) is 26.2 Å². The molecule has 5 nitrogen and oxygen atoms in total. The van der Waals surface area contributed by atoms with E-state index in [0.29, 0.717) is 12.1 Å². The van der Waals surface area contributed by atoms with Gasteiger partial charge in [0.05, 0.1) is 16.3 Å². The summed E-state index contributed by atoms with van der Waals surface area (Å²) in [5, 5.41) is 14.1. The van der Waals surface area contributed by atoms with Crippen molar-refractivity contribution in [1.29, 1.82) is 0 Å². The average Bonchev–Trinajstić information content (AvgIpc) is 2.37. The number of halogens is 1. The molecule has 0 saturated heterocycles. The van der Waals surface area contributed by atoms with Gasteiger partial charge in [-0.2, -0.15) is 0 Å². The predicted octanol–water partition coefficient (Wildman–Crippen LogP) is 3.67. The first-order valence-corrected chi connectivity index (χ1v) is 6.45. The number of benzene rings is 1. The summed E-state index contributed by atoms with van der Waals surface area (Å²) < 4.78 is 0.817. The smallest absolute Gasteiger partial charge is 0.274 e. The average molecular weight is 322 g/mol. The number of rotatable bonds is 4. The highest BCUT2D eigenvalue weighted by Crippen LogP contribution is 2.24. The van der Waals surface area contributed by atoms with Crippen LogP contribution < -0.4 is 5.32 Å². The molecule has 0 aliphatic rings. The molecular weight excluding hydrogens is 310 g/mol. The van der Waals surface area contributed by atoms with Crippen LogP contribution in [0.5, 0.6) is 0 Å². The number of anilines is 1. The zero-order chi connectivity index (χ0) is 13.8. The number of hydrogen-bond acceptors (Lipinski definition) is 4. The topological polar surface area (TPSA) is 68.1 Å². The molecule has 1 N–H and O–H groups in total. The van der Waals surface area contributed by atoms with Crippen molar-refractivity contribution in [2.45, 2.75) is 13.5 Å². The second kappa shape index (κ2) is 5.79. The molecule has 0 unspecified atom stereocenters. The van der Waals surface area contributed by atoms with Crippen molar-refractivity contribution in [3.05, 3.63) is 62.4 Å². The van der Waals surface area contributed by atoms with Gasteiger partial charge >= 0.3 is 0 Å². The van der Waals surface area contributed by atoms with Crippen molar-refractivity contribution in [3.8, 4) is 0 Å². The van der Waals surface area contributed by atoms with Gasteiger partial charge < -0.3 is 5.32 Å². The van der Waals surface area contributed by atoms with E-state index < -0.39 is 0 Å². The maximum atomic E-state index is 11.0. The first-order chi connectivity index (χ1) is 9.08. The van der Waals surface area contributed by atoms with E-state index in [0.717, 1.165) is 15.9 Å². The molecule has 1 aromatic carbocycles. The summed E-state index contributed by atoms with van der Waals surface area (Å²) in [7, 11) is 0. The molecule has 0 saturated carbocycles. The fraction of sp³-hybridized carbons (Fsp3) is 0.154. The van der Waals surface area contributed by atoms with Crippen molar-refractivity contribution < 1.29 is 4.92 Å². The Labute approximate surface area is 119 Å². The molecule has 6 heteroatoms. The Morgan fingerprint density at radius 1 is 1.42 bits per heavy atom. The van der Waals surface area contributed by atoms with Crippen molar-refractivity contribution >= 4 is 27.3 Å². The molecule has 98 valence electrons. The molecular formula is C13H12BrN3O2. The zero-order valence-electron chi connectivity index (χ0n) is 10.3. The summed E-state index contributed by atoms with van der Waals surface area (Å²) in [5.74, 6) is 0. The monoisotopic (exact) mass is 321 g/mol. The second-order valence-electron chi connectivity index (χ2n) is 4.02. The highest BCUT2D eigenvalue weighted by Gasteiger charge is 2.13. The van der Waals surface area contributed by atoms with Crippen LogP contribution in [0.2, 0.25) is 0 Å². The van der Waals surface area contributed by atoms with Crippen molar-refractivity contribution in [2.75, 3.05) is 5.32 Å². The van der Waals surface area contributed by atoms with Gasteiger partial charge in [0.25, 0.3) is 5.69 Å². The Balaban J connectivity index is 2.22. The van der Waals surface area contributed by atoms with Crippen molar-refractivity contribution in [1.82, 2.24) is 4.98 Å². The third-order valence-corrected chi connectivity index (χ3v) is 3.21. The Morgan fingerprint density at radius 2 is 2.21 bits per heavy atom. The Hall–Kier alpha value is -1.95. The fourth-order valence-corrected chi connectivity index (χ4v) is 2.14. The van der Waals surface area contributed by atoms with E-state index in [1.54, 1.807) is 18.3 Å². The molecule has 1 heterocycles. The lowest BCUT2D eigenvalue weighted by Crippen LogP contribution is -2.04. The van der Waals surface area contributed by atoms with Gasteiger partial charge in [0.15, 0.2) is 0 Å². The molecule has 0 spiro atoms. The van der Waals surface area contributed by atoms with E-state index in [4.69, 9.17) is 0 Å². The van der Waals surface area contributed by atoms with Crippen molar-refractivity contribution in [3.63, 3.8) is 0 Å². The largest absolute Gasteiger partial charge is 0.379 e. The first-order valence-electron chi connectivity index (χ1n) is 5.66. The van der Waals surface area contributed by atoms with E-state index in [1.807, 2.05) is 19.1 Å². The van der Waals surface area contributed by atoms with E-state index in [1.165, 1.54) is 6.07 Å². The molecule has 0 aliphatic heterocycles. The summed E-state index contributed by atoms with van der Waals surface area (Å²) in [6.45, 7) is 2.26. The normalized spacial score (nSPS) is 10.2. The van der Waals surface area contributed by atoms with Crippen LogP contribution in [-0.4, -0.2) is 9.91 Å². The highest BCUT2D eigenvalue weighted by atomic mass is 79.9. The number of nitrogens with one attached hydrogen (secondary N) is 1. The lowest BCUT2D eigenvalue weighted by Gasteiger charge is -2.09. The summed E-state index contributed by atoms with van der Waals surface area (Å²) in [5.41, 5.74) is 2.47. The van der Waals surface area contributed by atoms with E-state index in [9.17, 15) is 10.1 Å². The minimum atomic E-state index is -0.375. The molecule has 0 atom stereocenters. The zero-order valence-corrected chi connectivity index (χ0v) is 11.8. The van der Waals surface area contributed by atoms with Gasteiger partial charge in [0, 0.05) is 28.8 Å². The fourth-order valence-electron chi connectivity index (χ4n) is 1.74. The van der Waals surface area contributed by atoms with Crippen LogP contribution in [0.15, 0.2) is 41.0 Å². The Morgan fingerprint density at radius 3 is 2.89 bits per heavy atom. The minimum Gasteiger partial charge on any atom is -0.379 e. The number of aryl methyl sites for hydroxylation is 1.